The minimum atomic E-state index is 0.0889. The van der Waals surface area contributed by atoms with E-state index in [1.54, 1.807) is 4.90 Å². The van der Waals surface area contributed by atoms with Crippen LogP contribution in [0.4, 0.5) is 0 Å². The van der Waals surface area contributed by atoms with Crippen LogP contribution in [0.5, 0.6) is 0 Å². The molecular formula is C18H19N3OS. The Kier molecular flexibility index (Phi) is 4.76. The van der Waals surface area contributed by atoms with Crippen molar-refractivity contribution in [3.05, 3.63) is 48.0 Å². The second-order valence-electron chi connectivity index (χ2n) is 5.48. The number of thioether (sulfide) groups is 1. The lowest BCUT2D eigenvalue weighted by molar-refractivity contribution is -0.124. The second-order valence-corrected chi connectivity index (χ2v) is 6.42. The molecule has 0 aliphatic carbocycles. The normalized spacial score (nSPS) is 17.5. The number of hydrogen-bond acceptors (Lipinski definition) is 4. The number of amides is 1. The van der Waals surface area contributed by atoms with Crippen LogP contribution in [0.25, 0.3) is 10.8 Å². The largest absolute Gasteiger partial charge is 0.285 e. The van der Waals surface area contributed by atoms with Crippen LogP contribution in [-0.2, 0) is 11.3 Å². The van der Waals surface area contributed by atoms with Gasteiger partial charge >= 0.3 is 0 Å². The molecule has 23 heavy (non-hydrogen) atoms. The summed E-state index contributed by atoms with van der Waals surface area (Å²) in [6.45, 7) is 4.52. The van der Waals surface area contributed by atoms with Gasteiger partial charge in [-0.15, -0.1) is 5.10 Å². The van der Waals surface area contributed by atoms with Crippen molar-refractivity contribution < 1.29 is 4.79 Å². The van der Waals surface area contributed by atoms with Crippen LogP contribution in [0.15, 0.2) is 52.7 Å². The summed E-state index contributed by atoms with van der Waals surface area (Å²) in [4.78, 5) is 14.0. The van der Waals surface area contributed by atoms with Crippen LogP contribution in [0, 0.1) is 0 Å². The molecule has 2 aromatic carbocycles. The van der Waals surface area contributed by atoms with E-state index in [1.165, 1.54) is 22.5 Å². The van der Waals surface area contributed by atoms with Gasteiger partial charge in [0, 0.05) is 5.71 Å². The quantitative estimate of drug-likeness (QED) is 0.628. The van der Waals surface area contributed by atoms with Crippen molar-refractivity contribution in [1.29, 1.82) is 0 Å². The summed E-state index contributed by atoms with van der Waals surface area (Å²) in [5.74, 6) is 0.524. The standard InChI is InChI=1S/C18H19N3OS/c1-3-13(2)19-20-18-21(17(22)12-23-18)11-15-9-6-8-14-7-4-5-10-16(14)15/h4-10H,3,11-12H2,1-2H3/b19-13+,20-18-. The Morgan fingerprint density at radius 3 is 2.83 bits per heavy atom. The fourth-order valence-corrected chi connectivity index (χ4v) is 3.26. The molecule has 1 heterocycles. The highest BCUT2D eigenvalue weighted by molar-refractivity contribution is 8.15. The summed E-state index contributed by atoms with van der Waals surface area (Å²) >= 11 is 1.45. The van der Waals surface area contributed by atoms with Crippen molar-refractivity contribution >= 4 is 39.3 Å². The SMILES string of the molecule is CC/C(C)=N/N=C1\SCC(=O)N1Cc1cccc2ccccc12. The summed E-state index contributed by atoms with van der Waals surface area (Å²) in [7, 11) is 0. The van der Waals surface area contributed by atoms with Crippen LogP contribution in [0.2, 0.25) is 0 Å². The Morgan fingerprint density at radius 1 is 1.22 bits per heavy atom. The summed E-state index contributed by atoms with van der Waals surface area (Å²) in [5.41, 5.74) is 2.09. The molecule has 0 radical (unpaired) electrons. The lowest BCUT2D eigenvalue weighted by Gasteiger charge is -2.16. The predicted octanol–water partition coefficient (Wildman–Crippen LogP) is 4.06. The Labute approximate surface area is 140 Å². The average molecular weight is 325 g/mol. The highest BCUT2D eigenvalue weighted by Gasteiger charge is 2.28. The molecule has 0 atom stereocenters. The first kappa shape index (κ1) is 15.7. The van der Waals surface area contributed by atoms with E-state index in [9.17, 15) is 4.79 Å². The lowest BCUT2D eigenvalue weighted by Crippen LogP contribution is -2.29. The number of rotatable bonds is 4. The van der Waals surface area contributed by atoms with Crippen molar-refractivity contribution in [3.8, 4) is 0 Å². The van der Waals surface area contributed by atoms with Gasteiger partial charge in [0.1, 0.15) is 0 Å². The van der Waals surface area contributed by atoms with E-state index in [0.717, 1.165) is 17.7 Å². The van der Waals surface area contributed by atoms with E-state index < -0.39 is 0 Å². The molecule has 2 aromatic rings. The zero-order valence-corrected chi connectivity index (χ0v) is 14.1. The van der Waals surface area contributed by atoms with Gasteiger partial charge in [-0.2, -0.15) is 5.10 Å². The van der Waals surface area contributed by atoms with Crippen molar-refractivity contribution in [2.75, 3.05) is 5.75 Å². The first-order chi connectivity index (χ1) is 11.2. The lowest BCUT2D eigenvalue weighted by atomic mass is 10.0. The maximum Gasteiger partial charge on any atom is 0.239 e. The zero-order valence-electron chi connectivity index (χ0n) is 13.3. The Morgan fingerprint density at radius 2 is 2.00 bits per heavy atom. The monoisotopic (exact) mass is 325 g/mol. The van der Waals surface area contributed by atoms with E-state index in [4.69, 9.17) is 0 Å². The molecular weight excluding hydrogens is 306 g/mol. The summed E-state index contributed by atoms with van der Waals surface area (Å²) < 4.78 is 0. The topological polar surface area (TPSA) is 45.0 Å². The van der Waals surface area contributed by atoms with Crippen molar-refractivity contribution in [3.63, 3.8) is 0 Å². The maximum absolute atomic E-state index is 12.2. The molecule has 3 rings (SSSR count). The van der Waals surface area contributed by atoms with Gasteiger partial charge in [-0.3, -0.25) is 9.69 Å². The minimum Gasteiger partial charge on any atom is -0.285 e. The van der Waals surface area contributed by atoms with Crippen LogP contribution in [0.1, 0.15) is 25.8 Å². The first-order valence-electron chi connectivity index (χ1n) is 7.70. The fraction of sp³-hybridized carbons (Fsp3) is 0.278. The Balaban J connectivity index is 1.91. The fourth-order valence-electron chi connectivity index (χ4n) is 2.43. The molecule has 0 aromatic heterocycles. The van der Waals surface area contributed by atoms with Gasteiger partial charge < -0.3 is 0 Å². The van der Waals surface area contributed by atoms with Crippen LogP contribution in [0.3, 0.4) is 0 Å². The molecule has 1 saturated heterocycles. The van der Waals surface area contributed by atoms with E-state index in [1.807, 2.05) is 32.0 Å². The minimum absolute atomic E-state index is 0.0889. The molecule has 0 unspecified atom stereocenters. The molecule has 1 aliphatic rings. The van der Waals surface area contributed by atoms with Gasteiger partial charge in [-0.1, -0.05) is 61.2 Å². The van der Waals surface area contributed by atoms with E-state index in [2.05, 4.69) is 34.5 Å². The number of amidine groups is 1. The van der Waals surface area contributed by atoms with Crippen LogP contribution >= 0.6 is 11.8 Å². The number of nitrogens with zero attached hydrogens (tertiary/aromatic N) is 3. The number of benzene rings is 2. The number of fused-ring (bicyclic) bond motifs is 1. The predicted molar refractivity (Wildman–Crippen MR) is 97.8 cm³/mol. The third-order valence-corrected chi connectivity index (χ3v) is 4.83. The summed E-state index contributed by atoms with van der Waals surface area (Å²) in [5, 5.41) is 11.5. The molecule has 118 valence electrons. The third-order valence-electron chi connectivity index (χ3n) is 3.88. The number of carbonyl (C=O) groups is 1. The van der Waals surface area contributed by atoms with Gasteiger partial charge in [-0.05, 0) is 29.7 Å². The summed E-state index contributed by atoms with van der Waals surface area (Å²) in [6.07, 6.45) is 0.860. The summed E-state index contributed by atoms with van der Waals surface area (Å²) in [6, 6.07) is 14.4. The van der Waals surface area contributed by atoms with Gasteiger partial charge in [0.05, 0.1) is 12.3 Å². The Hall–Kier alpha value is -2.14. The van der Waals surface area contributed by atoms with Crippen molar-refractivity contribution in [2.24, 2.45) is 10.2 Å². The molecule has 5 heteroatoms. The van der Waals surface area contributed by atoms with Gasteiger partial charge in [0.25, 0.3) is 0 Å². The number of carbonyl (C=O) groups excluding carboxylic acids is 1. The van der Waals surface area contributed by atoms with Crippen molar-refractivity contribution in [1.82, 2.24) is 4.90 Å². The highest BCUT2D eigenvalue weighted by Crippen LogP contribution is 2.25. The molecule has 1 aliphatic heterocycles. The van der Waals surface area contributed by atoms with Crippen LogP contribution in [-0.4, -0.2) is 27.4 Å². The maximum atomic E-state index is 12.2. The van der Waals surface area contributed by atoms with Crippen molar-refractivity contribution in [2.45, 2.75) is 26.8 Å². The zero-order chi connectivity index (χ0) is 16.2. The van der Waals surface area contributed by atoms with Gasteiger partial charge in [0.2, 0.25) is 5.91 Å². The molecule has 1 amide bonds. The van der Waals surface area contributed by atoms with E-state index >= 15 is 0 Å². The first-order valence-corrected chi connectivity index (χ1v) is 8.68. The molecule has 4 nitrogen and oxygen atoms in total. The number of hydrogen-bond donors (Lipinski definition) is 0. The van der Waals surface area contributed by atoms with Gasteiger partial charge in [-0.25, -0.2) is 0 Å². The third kappa shape index (κ3) is 3.45. The molecule has 0 spiro atoms. The molecule has 1 fully saturated rings. The smallest absolute Gasteiger partial charge is 0.239 e. The second kappa shape index (κ2) is 6.96. The average Bonchev–Trinajstić information content (AvgIpc) is 2.93. The van der Waals surface area contributed by atoms with Gasteiger partial charge in [0.15, 0.2) is 5.17 Å². The van der Waals surface area contributed by atoms with E-state index in [-0.39, 0.29) is 5.91 Å². The van der Waals surface area contributed by atoms with Crippen LogP contribution < -0.4 is 0 Å². The molecule has 0 N–H and O–H groups in total. The Bertz CT molecular complexity index is 792. The molecule has 0 bridgehead atoms. The van der Waals surface area contributed by atoms with E-state index in [0.29, 0.717) is 17.5 Å². The molecule has 0 saturated carbocycles. The highest BCUT2D eigenvalue weighted by atomic mass is 32.2.